The second-order valence-electron chi connectivity index (χ2n) is 4.07. The van der Waals surface area contributed by atoms with Crippen molar-refractivity contribution in [2.45, 2.75) is 6.92 Å². The molecule has 2 amide bonds. The van der Waals surface area contributed by atoms with Crippen molar-refractivity contribution in [3.05, 3.63) is 40.6 Å². The SMILES string of the molecule is C=CCN(CC(=O)O)C(=O)Nc1cc(F)c(Br)cc1C. The fourth-order valence-corrected chi connectivity index (χ4v) is 1.97. The molecule has 0 aliphatic carbocycles. The zero-order valence-electron chi connectivity index (χ0n) is 10.8. The molecule has 0 saturated heterocycles. The van der Waals surface area contributed by atoms with E-state index in [0.29, 0.717) is 10.0 Å². The first-order chi connectivity index (χ1) is 9.35. The summed E-state index contributed by atoms with van der Waals surface area (Å²) in [6.45, 7) is 4.78. The lowest BCUT2D eigenvalue weighted by molar-refractivity contribution is -0.137. The summed E-state index contributed by atoms with van der Waals surface area (Å²) in [5.41, 5.74) is 0.940. The van der Waals surface area contributed by atoms with E-state index in [1.165, 1.54) is 18.2 Å². The van der Waals surface area contributed by atoms with Crippen molar-refractivity contribution in [1.29, 1.82) is 0 Å². The van der Waals surface area contributed by atoms with Crippen molar-refractivity contribution < 1.29 is 19.1 Å². The predicted octanol–water partition coefficient (Wildman–Crippen LogP) is 3.00. The van der Waals surface area contributed by atoms with Crippen molar-refractivity contribution >= 4 is 33.6 Å². The average Bonchev–Trinajstić information content (AvgIpc) is 2.34. The molecule has 0 bridgehead atoms. The molecule has 0 aromatic heterocycles. The molecule has 0 aliphatic rings. The molecular weight excluding hydrogens is 331 g/mol. The van der Waals surface area contributed by atoms with Crippen LogP contribution in [0.25, 0.3) is 0 Å². The Morgan fingerprint density at radius 2 is 2.20 bits per heavy atom. The van der Waals surface area contributed by atoms with Gasteiger partial charge in [0.05, 0.1) is 4.47 Å². The van der Waals surface area contributed by atoms with Gasteiger partial charge in [-0.3, -0.25) is 4.79 Å². The van der Waals surface area contributed by atoms with E-state index in [9.17, 15) is 14.0 Å². The number of halogens is 2. The first-order valence-electron chi connectivity index (χ1n) is 5.69. The number of urea groups is 1. The zero-order valence-corrected chi connectivity index (χ0v) is 12.4. The maximum Gasteiger partial charge on any atom is 0.323 e. The van der Waals surface area contributed by atoms with E-state index >= 15 is 0 Å². The largest absolute Gasteiger partial charge is 0.480 e. The van der Waals surface area contributed by atoms with Crippen LogP contribution in [0.5, 0.6) is 0 Å². The van der Waals surface area contributed by atoms with E-state index in [4.69, 9.17) is 5.11 Å². The Morgan fingerprint density at radius 1 is 1.55 bits per heavy atom. The van der Waals surface area contributed by atoms with Gasteiger partial charge in [-0.05, 0) is 40.5 Å². The van der Waals surface area contributed by atoms with Crippen LogP contribution in [0.15, 0.2) is 29.3 Å². The van der Waals surface area contributed by atoms with E-state index < -0.39 is 24.4 Å². The summed E-state index contributed by atoms with van der Waals surface area (Å²) in [5.74, 6) is -1.65. The second kappa shape index (κ2) is 7.04. The lowest BCUT2D eigenvalue weighted by Gasteiger charge is -2.20. The molecule has 0 spiro atoms. The molecule has 2 N–H and O–H groups in total. The van der Waals surface area contributed by atoms with Crippen LogP contribution in [0.4, 0.5) is 14.9 Å². The third-order valence-corrected chi connectivity index (χ3v) is 3.08. The lowest BCUT2D eigenvalue weighted by atomic mass is 10.2. The molecule has 0 heterocycles. The molecule has 0 saturated carbocycles. The molecule has 5 nitrogen and oxygen atoms in total. The number of carbonyl (C=O) groups excluding carboxylic acids is 1. The number of aryl methyl sites for hydroxylation is 1. The monoisotopic (exact) mass is 344 g/mol. The highest BCUT2D eigenvalue weighted by Crippen LogP contribution is 2.24. The quantitative estimate of drug-likeness (QED) is 0.806. The fourth-order valence-electron chi connectivity index (χ4n) is 1.51. The van der Waals surface area contributed by atoms with Gasteiger partial charge < -0.3 is 15.3 Å². The van der Waals surface area contributed by atoms with Gasteiger partial charge in [0.15, 0.2) is 0 Å². The number of amides is 2. The maximum atomic E-state index is 13.4. The van der Waals surface area contributed by atoms with Crippen molar-refractivity contribution in [3.8, 4) is 0 Å². The summed E-state index contributed by atoms with van der Waals surface area (Å²) in [6, 6.07) is 2.07. The molecule has 0 atom stereocenters. The first kappa shape index (κ1) is 16.2. The van der Waals surface area contributed by atoms with Gasteiger partial charge >= 0.3 is 12.0 Å². The average molecular weight is 345 g/mol. The van der Waals surface area contributed by atoms with Crippen LogP contribution in [0.1, 0.15) is 5.56 Å². The van der Waals surface area contributed by atoms with Gasteiger partial charge in [0, 0.05) is 12.2 Å². The predicted molar refractivity (Wildman–Crippen MR) is 77.3 cm³/mol. The summed E-state index contributed by atoms with van der Waals surface area (Å²) < 4.78 is 13.7. The number of carbonyl (C=O) groups is 2. The summed E-state index contributed by atoms with van der Waals surface area (Å²) in [5, 5.41) is 11.2. The Balaban J connectivity index is 2.90. The Hall–Kier alpha value is -1.89. The van der Waals surface area contributed by atoms with Crippen molar-refractivity contribution in [2.75, 3.05) is 18.4 Å². The number of carboxylic acid groups (broad SMARTS) is 1. The van der Waals surface area contributed by atoms with Gasteiger partial charge in [-0.15, -0.1) is 6.58 Å². The van der Waals surface area contributed by atoms with Gasteiger partial charge in [0.2, 0.25) is 0 Å². The van der Waals surface area contributed by atoms with Gasteiger partial charge in [0.25, 0.3) is 0 Å². The number of anilines is 1. The van der Waals surface area contributed by atoms with Crippen LogP contribution in [0, 0.1) is 12.7 Å². The lowest BCUT2D eigenvalue weighted by Crippen LogP contribution is -2.39. The molecule has 0 radical (unpaired) electrons. The standard InChI is InChI=1S/C13H14BrFN2O3/c1-3-4-17(7-12(18)19)13(20)16-11-6-10(15)9(14)5-8(11)2/h3,5-6H,1,4,7H2,2H3,(H,16,20)(H,18,19). The van der Waals surface area contributed by atoms with Crippen LogP contribution in [0.2, 0.25) is 0 Å². The number of carboxylic acids is 1. The van der Waals surface area contributed by atoms with Crippen molar-refractivity contribution in [1.82, 2.24) is 4.90 Å². The van der Waals surface area contributed by atoms with Crippen LogP contribution >= 0.6 is 15.9 Å². The van der Waals surface area contributed by atoms with Crippen molar-refractivity contribution in [3.63, 3.8) is 0 Å². The molecule has 20 heavy (non-hydrogen) atoms. The summed E-state index contributed by atoms with van der Waals surface area (Å²) in [6.07, 6.45) is 1.41. The molecule has 1 aromatic carbocycles. The summed E-state index contributed by atoms with van der Waals surface area (Å²) in [4.78, 5) is 23.7. The van der Waals surface area contributed by atoms with E-state index in [-0.39, 0.29) is 12.2 Å². The number of benzene rings is 1. The molecule has 0 fully saturated rings. The smallest absolute Gasteiger partial charge is 0.323 e. The van der Waals surface area contributed by atoms with E-state index in [1.54, 1.807) is 6.92 Å². The van der Waals surface area contributed by atoms with E-state index in [2.05, 4.69) is 27.8 Å². The molecule has 7 heteroatoms. The number of aliphatic carboxylic acids is 1. The van der Waals surface area contributed by atoms with Gasteiger partial charge in [-0.25, -0.2) is 9.18 Å². The highest BCUT2D eigenvalue weighted by atomic mass is 79.9. The minimum Gasteiger partial charge on any atom is -0.480 e. The van der Waals surface area contributed by atoms with Gasteiger partial charge in [-0.1, -0.05) is 6.08 Å². The normalized spacial score (nSPS) is 9.95. The third-order valence-electron chi connectivity index (χ3n) is 2.47. The highest BCUT2D eigenvalue weighted by molar-refractivity contribution is 9.10. The van der Waals surface area contributed by atoms with E-state index in [0.717, 1.165) is 4.90 Å². The fraction of sp³-hybridized carbons (Fsp3) is 0.231. The molecule has 108 valence electrons. The molecular formula is C13H14BrFN2O3. The number of hydrogen-bond acceptors (Lipinski definition) is 2. The minimum absolute atomic E-state index is 0.0796. The minimum atomic E-state index is -1.14. The first-order valence-corrected chi connectivity index (χ1v) is 6.48. The van der Waals surface area contributed by atoms with Crippen LogP contribution in [0.3, 0.4) is 0 Å². The zero-order chi connectivity index (χ0) is 15.3. The maximum absolute atomic E-state index is 13.4. The van der Waals surface area contributed by atoms with E-state index in [1.807, 2.05) is 0 Å². The molecule has 0 aliphatic heterocycles. The Morgan fingerprint density at radius 3 is 2.75 bits per heavy atom. The summed E-state index contributed by atoms with van der Waals surface area (Å²) in [7, 11) is 0. The number of hydrogen-bond donors (Lipinski definition) is 2. The number of rotatable bonds is 5. The molecule has 0 unspecified atom stereocenters. The third kappa shape index (κ3) is 4.34. The van der Waals surface area contributed by atoms with Crippen LogP contribution in [-0.4, -0.2) is 35.1 Å². The number of nitrogens with one attached hydrogen (secondary N) is 1. The topological polar surface area (TPSA) is 69.6 Å². The van der Waals surface area contributed by atoms with Gasteiger partial charge in [0.1, 0.15) is 12.4 Å². The Kier molecular flexibility index (Phi) is 5.69. The van der Waals surface area contributed by atoms with Crippen LogP contribution < -0.4 is 5.32 Å². The highest BCUT2D eigenvalue weighted by Gasteiger charge is 2.17. The van der Waals surface area contributed by atoms with Crippen LogP contribution in [-0.2, 0) is 4.79 Å². The molecule has 1 aromatic rings. The Labute approximate surface area is 124 Å². The second-order valence-corrected chi connectivity index (χ2v) is 4.93. The van der Waals surface area contributed by atoms with Gasteiger partial charge in [-0.2, -0.15) is 0 Å². The molecule has 1 rings (SSSR count). The summed E-state index contributed by atoms with van der Waals surface area (Å²) >= 11 is 3.04. The number of nitrogens with zero attached hydrogens (tertiary/aromatic N) is 1. The Bertz CT molecular complexity index is 549. The van der Waals surface area contributed by atoms with Crippen molar-refractivity contribution in [2.24, 2.45) is 0 Å².